The van der Waals surface area contributed by atoms with E-state index in [2.05, 4.69) is 4.99 Å². The fraction of sp³-hybridized carbons (Fsp3) is 0.611. The number of nitrogens with zero attached hydrogens (tertiary/aromatic N) is 5. The molecule has 0 radical (unpaired) electrons. The highest BCUT2D eigenvalue weighted by molar-refractivity contribution is 5.84. The monoisotopic (exact) mass is 391 g/mol. The molecule has 1 saturated carbocycles. The van der Waals surface area contributed by atoms with Gasteiger partial charge in [-0.15, -0.1) is 0 Å². The first-order chi connectivity index (χ1) is 13.4. The number of hydrogen-bond donors (Lipinski definition) is 1. The summed E-state index contributed by atoms with van der Waals surface area (Å²) in [6.45, 7) is 0.233. The molecule has 1 saturated heterocycles. The second kappa shape index (κ2) is 7.19. The number of amides is 2. The van der Waals surface area contributed by atoms with Crippen molar-refractivity contribution in [3.8, 4) is 0 Å². The number of rotatable bonds is 3. The van der Waals surface area contributed by atoms with E-state index in [1.54, 1.807) is 36.8 Å². The highest BCUT2D eigenvalue weighted by Crippen LogP contribution is 2.33. The number of carbonyl (C=O) groups is 2. The second-order valence-corrected chi connectivity index (χ2v) is 7.63. The van der Waals surface area contributed by atoms with Crippen molar-refractivity contribution in [2.24, 2.45) is 4.99 Å². The van der Waals surface area contributed by atoms with Gasteiger partial charge in [0.25, 0.3) is 6.17 Å². The van der Waals surface area contributed by atoms with Gasteiger partial charge in [-0.2, -0.15) is 4.79 Å². The molecular weight excluding hydrogens is 366 g/mol. The molecule has 10 heteroatoms. The maximum atomic E-state index is 13.4. The zero-order valence-corrected chi connectivity index (χ0v) is 15.8. The number of quaternary nitrogens is 1. The average molecular weight is 391 g/mol. The highest BCUT2D eigenvalue weighted by atomic mass is 16.6. The smallest absolute Gasteiger partial charge is 0.515 e. The minimum absolute atomic E-state index is 0.0169. The van der Waals surface area contributed by atoms with Crippen molar-refractivity contribution in [1.82, 2.24) is 14.7 Å². The number of carbonyl (C=O) groups excluding carboxylic acids is 1. The van der Waals surface area contributed by atoms with Gasteiger partial charge in [0.1, 0.15) is 13.2 Å². The Morgan fingerprint density at radius 1 is 1.36 bits per heavy atom. The van der Waals surface area contributed by atoms with Crippen molar-refractivity contribution in [1.29, 1.82) is 0 Å². The lowest BCUT2D eigenvalue weighted by molar-refractivity contribution is -0.840. The highest BCUT2D eigenvalue weighted by Gasteiger charge is 2.53. The Labute approximate surface area is 163 Å². The number of carboxylic acid groups (broad SMARTS) is 1. The molecule has 1 aliphatic carbocycles. The van der Waals surface area contributed by atoms with Crippen LogP contribution in [0, 0.1) is 5.21 Å². The number of methoxy groups -OCH3 is 1. The minimum Gasteiger partial charge on any atom is -0.621 e. The van der Waals surface area contributed by atoms with Gasteiger partial charge < -0.3 is 29.8 Å². The first-order valence-corrected chi connectivity index (χ1v) is 9.53. The van der Waals surface area contributed by atoms with Crippen LogP contribution in [0.4, 0.5) is 4.79 Å². The van der Waals surface area contributed by atoms with Crippen molar-refractivity contribution in [3.05, 3.63) is 29.5 Å². The molecule has 1 N–H and O–H groups in total. The maximum Gasteiger partial charge on any atom is 0.515 e. The molecule has 4 aliphatic rings. The van der Waals surface area contributed by atoms with Crippen LogP contribution in [0.15, 0.2) is 29.3 Å². The second-order valence-electron chi connectivity index (χ2n) is 7.63. The van der Waals surface area contributed by atoms with Gasteiger partial charge in [0.2, 0.25) is 0 Å². The van der Waals surface area contributed by atoms with Crippen molar-refractivity contribution in [2.45, 2.75) is 44.0 Å². The molecule has 2 atom stereocenters. The van der Waals surface area contributed by atoms with Crippen LogP contribution >= 0.6 is 0 Å². The van der Waals surface area contributed by atoms with Gasteiger partial charge in [-0.3, -0.25) is 9.79 Å². The molecule has 152 valence electrons. The van der Waals surface area contributed by atoms with Gasteiger partial charge in [0.15, 0.2) is 0 Å². The van der Waals surface area contributed by atoms with Crippen LogP contribution in [-0.4, -0.2) is 87.8 Å². The van der Waals surface area contributed by atoms with Gasteiger partial charge in [-0.1, -0.05) is 0 Å². The quantitative estimate of drug-likeness (QED) is 0.566. The molecule has 28 heavy (non-hydrogen) atoms. The van der Waals surface area contributed by atoms with E-state index in [1.165, 1.54) is 4.90 Å². The lowest BCUT2D eigenvalue weighted by Gasteiger charge is -2.52. The normalized spacial score (nSPS) is 35.2. The molecule has 0 spiro atoms. The van der Waals surface area contributed by atoms with E-state index in [-0.39, 0.29) is 31.9 Å². The average Bonchev–Trinajstić information content (AvgIpc) is 3.11. The largest absolute Gasteiger partial charge is 0.621 e. The summed E-state index contributed by atoms with van der Waals surface area (Å²) in [5, 5.41) is 22.9. The van der Waals surface area contributed by atoms with Crippen molar-refractivity contribution >= 4 is 18.2 Å². The van der Waals surface area contributed by atoms with E-state index < -0.39 is 22.8 Å². The first kappa shape index (κ1) is 18.9. The van der Waals surface area contributed by atoms with Crippen LogP contribution in [0.25, 0.3) is 0 Å². The van der Waals surface area contributed by atoms with Crippen LogP contribution in [0.3, 0.4) is 0 Å². The Balaban J connectivity index is 1.58. The molecule has 2 amide bonds. The van der Waals surface area contributed by atoms with E-state index >= 15 is 0 Å². The lowest BCUT2D eigenvalue weighted by atomic mass is 9.91. The number of hydroxylamine groups is 3. The van der Waals surface area contributed by atoms with Gasteiger partial charge in [-0.05, 0) is 25.7 Å². The molecule has 3 heterocycles. The molecule has 4 rings (SSSR count). The van der Waals surface area contributed by atoms with E-state index in [0.717, 1.165) is 31.4 Å². The SMILES string of the molecule is COC1CCC(N2CC[N@@+]([O-])(C(=O)O)C(N3C=C4C=NC=CN4C3)C2=O)CC1. The number of piperazine rings is 1. The molecular formula is C18H25N5O5. The molecule has 10 nitrogen and oxygen atoms in total. The van der Waals surface area contributed by atoms with Crippen molar-refractivity contribution in [3.63, 3.8) is 0 Å². The summed E-state index contributed by atoms with van der Waals surface area (Å²) in [6, 6.07) is 0.0169. The molecule has 0 aromatic heterocycles. The summed E-state index contributed by atoms with van der Waals surface area (Å²) >= 11 is 0. The standard InChI is InChI=1S/C18H25N5O5/c1-28-15-4-2-13(3-5-15)22-8-9-23(27,18(25)26)16(17(22)24)21-11-14-10-19-6-7-20(14)12-21/h6-7,10-11,13,15-16H,2-5,8-9,12H2,1H3,(H,25,26)/t13?,15?,16?,23-/m0/s1. The minimum atomic E-state index is -1.58. The topological polar surface area (TPSA) is 109 Å². The van der Waals surface area contributed by atoms with Gasteiger partial charge in [0, 0.05) is 31.8 Å². The van der Waals surface area contributed by atoms with Gasteiger partial charge in [0.05, 0.1) is 24.6 Å². The number of aliphatic imine (C=N–C) groups is 1. The fourth-order valence-corrected chi connectivity index (χ4v) is 4.52. The summed E-state index contributed by atoms with van der Waals surface area (Å²) in [5.41, 5.74) is 0.727. The third-order valence-electron chi connectivity index (χ3n) is 6.11. The van der Waals surface area contributed by atoms with E-state index in [1.807, 2.05) is 4.90 Å². The Bertz CT molecular complexity index is 745. The Kier molecular flexibility index (Phi) is 4.86. The molecule has 0 aromatic carbocycles. The zero-order chi connectivity index (χ0) is 19.9. The third kappa shape index (κ3) is 3.07. The maximum absolute atomic E-state index is 13.4. The van der Waals surface area contributed by atoms with Crippen LogP contribution in [0.5, 0.6) is 0 Å². The third-order valence-corrected chi connectivity index (χ3v) is 6.11. The number of ether oxygens (including phenoxy) is 1. The van der Waals surface area contributed by atoms with Crippen molar-refractivity contribution in [2.75, 3.05) is 26.9 Å². The summed E-state index contributed by atoms with van der Waals surface area (Å²) < 4.78 is 3.82. The van der Waals surface area contributed by atoms with Crippen LogP contribution < -0.4 is 0 Å². The summed E-state index contributed by atoms with van der Waals surface area (Å²) in [6.07, 6.45) is 7.25. The first-order valence-electron chi connectivity index (χ1n) is 9.53. The molecule has 2 fully saturated rings. The van der Waals surface area contributed by atoms with E-state index in [9.17, 15) is 19.9 Å². The predicted octanol–water partition coefficient (Wildman–Crippen LogP) is 1.08. The number of allylic oxidation sites excluding steroid dienone is 1. The summed E-state index contributed by atoms with van der Waals surface area (Å²) in [4.78, 5) is 34.3. The molecule has 3 aliphatic heterocycles. The van der Waals surface area contributed by atoms with Crippen LogP contribution in [0.1, 0.15) is 25.7 Å². The van der Waals surface area contributed by atoms with Gasteiger partial charge in [-0.25, -0.2) is 4.65 Å². The predicted molar refractivity (Wildman–Crippen MR) is 99.3 cm³/mol. The number of fused-ring (bicyclic) bond motifs is 1. The van der Waals surface area contributed by atoms with E-state index in [0.29, 0.717) is 0 Å². The van der Waals surface area contributed by atoms with Crippen LogP contribution in [-0.2, 0) is 9.53 Å². The van der Waals surface area contributed by atoms with E-state index in [4.69, 9.17) is 4.74 Å². The fourth-order valence-electron chi connectivity index (χ4n) is 4.52. The number of hydrogen-bond acceptors (Lipinski definition) is 7. The molecule has 1 unspecified atom stereocenters. The Hall–Kier alpha value is -2.43. The Morgan fingerprint density at radius 3 is 2.75 bits per heavy atom. The Morgan fingerprint density at radius 2 is 2.11 bits per heavy atom. The summed E-state index contributed by atoms with van der Waals surface area (Å²) in [5.74, 6) is -0.415. The zero-order valence-electron chi connectivity index (χ0n) is 15.8. The molecule has 0 bridgehead atoms. The van der Waals surface area contributed by atoms with Crippen molar-refractivity contribution < 1.29 is 24.1 Å². The van der Waals surface area contributed by atoms with Crippen LogP contribution in [0.2, 0.25) is 0 Å². The van der Waals surface area contributed by atoms with Gasteiger partial charge >= 0.3 is 12.0 Å². The summed E-state index contributed by atoms with van der Waals surface area (Å²) in [7, 11) is 1.69. The molecule has 0 aromatic rings. The lowest BCUT2D eigenvalue weighted by Crippen LogP contribution is -2.72.